The number of alkyl halides is 3. The van der Waals surface area contributed by atoms with E-state index in [0.29, 0.717) is 24.2 Å². The molecule has 3 nitrogen and oxygen atoms in total. The van der Waals surface area contributed by atoms with E-state index in [1.807, 2.05) is 36.4 Å². The van der Waals surface area contributed by atoms with E-state index in [2.05, 4.69) is 12.1 Å². The Hall–Kier alpha value is -3.45. The Morgan fingerprint density at radius 2 is 1.57 bits per heavy atom. The van der Waals surface area contributed by atoms with Crippen molar-refractivity contribution < 1.29 is 22.4 Å². The molecule has 0 saturated heterocycles. The van der Waals surface area contributed by atoms with E-state index in [9.17, 15) is 22.4 Å². The van der Waals surface area contributed by atoms with Gasteiger partial charge in [-0.05, 0) is 77.4 Å². The lowest BCUT2D eigenvalue weighted by molar-refractivity contribution is -0.137. The molecular formula is C30H30F4N2O. The highest BCUT2D eigenvalue weighted by atomic mass is 19.4. The smallest absolute Gasteiger partial charge is 0.326 e. The van der Waals surface area contributed by atoms with Crippen molar-refractivity contribution in [2.75, 3.05) is 4.90 Å². The predicted octanol–water partition coefficient (Wildman–Crippen LogP) is 7.60. The number of benzene rings is 3. The monoisotopic (exact) mass is 510 g/mol. The first-order valence-electron chi connectivity index (χ1n) is 12.5. The Kier molecular flexibility index (Phi) is 8.44. The summed E-state index contributed by atoms with van der Waals surface area (Å²) in [4.78, 5) is 14.9. The Morgan fingerprint density at radius 1 is 0.919 bits per heavy atom. The maximum Gasteiger partial charge on any atom is 0.416 e. The molecule has 1 saturated carbocycles. The molecule has 3 aromatic carbocycles. The van der Waals surface area contributed by atoms with Gasteiger partial charge in [-0.15, -0.1) is 0 Å². The molecule has 3 aromatic rings. The van der Waals surface area contributed by atoms with Gasteiger partial charge in [-0.2, -0.15) is 13.2 Å². The number of rotatable bonds is 7. The Morgan fingerprint density at radius 3 is 2.19 bits per heavy atom. The van der Waals surface area contributed by atoms with Gasteiger partial charge in [0.2, 0.25) is 0 Å². The minimum atomic E-state index is -4.68. The molecule has 0 spiro atoms. The summed E-state index contributed by atoms with van der Waals surface area (Å²) < 4.78 is 53.1. The third-order valence-corrected chi connectivity index (χ3v) is 6.81. The van der Waals surface area contributed by atoms with Crippen LogP contribution < -0.4 is 10.6 Å². The average molecular weight is 511 g/mol. The molecule has 37 heavy (non-hydrogen) atoms. The molecule has 0 aliphatic heterocycles. The first-order chi connectivity index (χ1) is 17.7. The van der Waals surface area contributed by atoms with Crippen molar-refractivity contribution in [2.45, 2.75) is 57.3 Å². The highest BCUT2D eigenvalue weighted by molar-refractivity contribution is 6.03. The molecular weight excluding hydrogens is 480 g/mol. The molecule has 0 radical (unpaired) electrons. The van der Waals surface area contributed by atoms with Gasteiger partial charge in [0, 0.05) is 18.3 Å². The lowest BCUT2D eigenvalue weighted by Crippen LogP contribution is -2.28. The van der Waals surface area contributed by atoms with Crippen molar-refractivity contribution >= 4 is 17.7 Å². The second kappa shape index (κ2) is 11.7. The van der Waals surface area contributed by atoms with Crippen LogP contribution >= 0.6 is 0 Å². The number of hydrogen-bond acceptors (Lipinski definition) is 2. The van der Waals surface area contributed by atoms with Gasteiger partial charge in [0.15, 0.2) is 0 Å². The zero-order valence-electron chi connectivity index (χ0n) is 20.5. The van der Waals surface area contributed by atoms with E-state index in [4.69, 9.17) is 5.73 Å². The van der Waals surface area contributed by atoms with Crippen LogP contribution in [0.4, 0.5) is 23.2 Å². The van der Waals surface area contributed by atoms with Gasteiger partial charge in [-0.25, -0.2) is 4.39 Å². The fourth-order valence-corrected chi connectivity index (χ4v) is 4.75. The van der Waals surface area contributed by atoms with E-state index in [-0.39, 0.29) is 12.1 Å². The van der Waals surface area contributed by atoms with Crippen LogP contribution in [-0.2, 0) is 24.1 Å². The zero-order chi connectivity index (χ0) is 26.4. The SMILES string of the molecule is NCc1ccc(CN(C(=O)/C=C/c2cc(F)cc(C(F)(F)F)c2)c2ccc(C3CCCCC3)cc2)cc1. The highest BCUT2D eigenvalue weighted by Crippen LogP contribution is 2.34. The molecule has 0 atom stereocenters. The fourth-order valence-electron chi connectivity index (χ4n) is 4.75. The predicted molar refractivity (Wildman–Crippen MR) is 138 cm³/mol. The lowest BCUT2D eigenvalue weighted by Gasteiger charge is -2.25. The summed E-state index contributed by atoms with van der Waals surface area (Å²) in [5.41, 5.74) is 8.30. The first-order valence-corrected chi connectivity index (χ1v) is 12.5. The van der Waals surface area contributed by atoms with Crippen LogP contribution in [0.1, 0.15) is 65.8 Å². The van der Waals surface area contributed by atoms with Crippen LogP contribution in [0.2, 0.25) is 0 Å². The third kappa shape index (κ3) is 7.07. The number of halogens is 4. The summed E-state index contributed by atoms with van der Waals surface area (Å²) in [6.07, 6.45) is 3.73. The number of carbonyl (C=O) groups is 1. The van der Waals surface area contributed by atoms with E-state index >= 15 is 0 Å². The summed E-state index contributed by atoms with van der Waals surface area (Å²) in [6.45, 7) is 0.662. The Bertz CT molecular complexity index is 1230. The quantitative estimate of drug-likeness (QED) is 0.263. The van der Waals surface area contributed by atoms with Gasteiger partial charge in [0.25, 0.3) is 5.91 Å². The zero-order valence-corrected chi connectivity index (χ0v) is 20.5. The number of amides is 1. The summed E-state index contributed by atoms with van der Waals surface area (Å²) in [5.74, 6) is -0.922. The standard InChI is InChI=1S/C30H30F4N2O/c31-27-17-23(16-26(18-27)30(32,33)34)10-15-29(37)36(20-22-8-6-21(19-35)7-9-22)28-13-11-25(12-14-28)24-4-2-1-3-5-24/h6-18,24H,1-5,19-20,35H2/b15-10+. The number of carbonyl (C=O) groups excluding carboxylic acids is 1. The first kappa shape index (κ1) is 26.6. The van der Waals surface area contributed by atoms with Crippen molar-refractivity contribution in [1.82, 2.24) is 0 Å². The van der Waals surface area contributed by atoms with Crippen LogP contribution in [0.3, 0.4) is 0 Å². The van der Waals surface area contributed by atoms with Crippen LogP contribution in [0.5, 0.6) is 0 Å². The van der Waals surface area contributed by atoms with Crippen molar-refractivity contribution in [2.24, 2.45) is 5.73 Å². The molecule has 1 aliphatic carbocycles. The maximum atomic E-state index is 13.8. The van der Waals surface area contributed by atoms with E-state index in [1.165, 1.54) is 37.0 Å². The number of nitrogens with two attached hydrogens (primary N) is 1. The molecule has 0 unspecified atom stereocenters. The molecule has 2 N–H and O–H groups in total. The number of anilines is 1. The fraction of sp³-hybridized carbons (Fsp3) is 0.300. The van der Waals surface area contributed by atoms with Gasteiger partial charge in [-0.3, -0.25) is 4.79 Å². The minimum absolute atomic E-state index is 0.0411. The molecule has 0 heterocycles. The molecule has 1 aliphatic rings. The van der Waals surface area contributed by atoms with E-state index < -0.39 is 23.5 Å². The average Bonchev–Trinajstić information content (AvgIpc) is 2.90. The molecule has 0 bridgehead atoms. The molecule has 1 fully saturated rings. The summed E-state index contributed by atoms with van der Waals surface area (Å²) in [5, 5.41) is 0. The normalized spacial score (nSPS) is 14.7. The van der Waals surface area contributed by atoms with Gasteiger partial charge in [0.1, 0.15) is 5.82 Å². The van der Waals surface area contributed by atoms with Crippen molar-refractivity contribution in [3.05, 3.63) is 106 Å². The van der Waals surface area contributed by atoms with Crippen LogP contribution in [0.25, 0.3) is 6.08 Å². The number of hydrogen-bond donors (Lipinski definition) is 1. The number of nitrogens with zero attached hydrogens (tertiary/aromatic N) is 1. The largest absolute Gasteiger partial charge is 0.416 e. The maximum absolute atomic E-state index is 13.8. The highest BCUT2D eigenvalue weighted by Gasteiger charge is 2.31. The van der Waals surface area contributed by atoms with Gasteiger partial charge in [0.05, 0.1) is 12.1 Å². The second-order valence-electron chi connectivity index (χ2n) is 9.48. The van der Waals surface area contributed by atoms with Crippen LogP contribution in [0, 0.1) is 5.82 Å². The van der Waals surface area contributed by atoms with E-state index in [0.717, 1.165) is 36.1 Å². The summed E-state index contributed by atoms with van der Waals surface area (Å²) in [6, 6.07) is 17.7. The van der Waals surface area contributed by atoms with Crippen molar-refractivity contribution in [1.29, 1.82) is 0 Å². The second-order valence-corrected chi connectivity index (χ2v) is 9.48. The third-order valence-electron chi connectivity index (χ3n) is 6.81. The molecule has 7 heteroatoms. The molecule has 4 rings (SSSR count). The topological polar surface area (TPSA) is 46.3 Å². The van der Waals surface area contributed by atoms with Crippen LogP contribution in [-0.4, -0.2) is 5.91 Å². The molecule has 194 valence electrons. The van der Waals surface area contributed by atoms with Crippen molar-refractivity contribution in [3.63, 3.8) is 0 Å². The van der Waals surface area contributed by atoms with Gasteiger partial charge >= 0.3 is 6.18 Å². The summed E-state index contributed by atoms with van der Waals surface area (Å²) in [7, 11) is 0. The Labute approximate surface area is 214 Å². The van der Waals surface area contributed by atoms with Gasteiger partial charge < -0.3 is 10.6 Å². The van der Waals surface area contributed by atoms with Crippen molar-refractivity contribution in [3.8, 4) is 0 Å². The van der Waals surface area contributed by atoms with Crippen LogP contribution in [0.15, 0.2) is 72.8 Å². The Balaban J connectivity index is 1.60. The van der Waals surface area contributed by atoms with Gasteiger partial charge in [-0.1, -0.05) is 55.7 Å². The summed E-state index contributed by atoms with van der Waals surface area (Å²) >= 11 is 0. The molecule has 0 aromatic heterocycles. The minimum Gasteiger partial charge on any atom is -0.326 e. The molecule has 1 amide bonds. The lowest BCUT2D eigenvalue weighted by atomic mass is 9.84. The van der Waals surface area contributed by atoms with E-state index in [1.54, 1.807) is 4.90 Å².